The van der Waals surface area contributed by atoms with E-state index < -0.39 is 0 Å². The molecule has 1 unspecified atom stereocenters. The standard InChI is InChI=1S/C8H17.C4H9.Al.H/c1-3-5-7-8-6-4-2;1-3-4-2;;/h7H,3-6,8H2,1-2H3;1,3-4H2,2H3;;. The van der Waals surface area contributed by atoms with Gasteiger partial charge in [0, 0.05) is 0 Å². The fourth-order valence-corrected chi connectivity index (χ4v) is 4.66. The third kappa shape index (κ3) is 8.85. The maximum Gasteiger partial charge on any atom is 0.241 e. The Hall–Kier alpha value is 0.532. The first-order chi connectivity index (χ1) is 6.35. The second-order valence-electron chi connectivity index (χ2n) is 4.29. The molecule has 0 spiro atoms. The van der Waals surface area contributed by atoms with Gasteiger partial charge in [-0.15, -0.1) is 0 Å². The van der Waals surface area contributed by atoms with E-state index in [1.165, 1.54) is 43.3 Å². The van der Waals surface area contributed by atoms with Gasteiger partial charge in [0.1, 0.15) is 0 Å². The minimum absolute atomic E-state index is 0.283. The van der Waals surface area contributed by atoms with Gasteiger partial charge in [-0.3, -0.25) is 0 Å². The largest absolute Gasteiger partial charge is 0.241 e. The molecule has 0 aromatic heterocycles. The first kappa shape index (κ1) is 13.5. The molecule has 0 aromatic carbocycles. The Morgan fingerprint density at radius 3 is 2.08 bits per heavy atom. The quantitative estimate of drug-likeness (QED) is 0.380. The lowest BCUT2D eigenvalue weighted by atomic mass is 10.1. The molecule has 0 aliphatic heterocycles. The molecule has 1 heteroatoms. The molecule has 0 aromatic rings. The van der Waals surface area contributed by atoms with Crippen molar-refractivity contribution in [2.75, 3.05) is 0 Å². The van der Waals surface area contributed by atoms with Gasteiger partial charge < -0.3 is 0 Å². The SMILES string of the molecule is CCC[CH2][AlH][CH](CCC)CCCC. The fourth-order valence-electron chi connectivity index (χ4n) is 2.02. The van der Waals surface area contributed by atoms with Gasteiger partial charge in [-0.05, 0) is 0 Å². The highest BCUT2D eigenvalue weighted by Gasteiger charge is 2.08. The molecule has 0 nitrogen and oxygen atoms in total. The molecule has 0 aliphatic carbocycles. The zero-order valence-corrected chi connectivity index (χ0v) is 11.4. The maximum atomic E-state index is 2.34. The van der Waals surface area contributed by atoms with Crippen LogP contribution in [0.2, 0.25) is 10.1 Å². The van der Waals surface area contributed by atoms with Gasteiger partial charge in [-0.1, -0.05) is 75.8 Å². The van der Waals surface area contributed by atoms with Crippen LogP contribution in [0.25, 0.3) is 0 Å². The van der Waals surface area contributed by atoms with Gasteiger partial charge in [0.25, 0.3) is 0 Å². The summed E-state index contributed by atoms with van der Waals surface area (Å²) in [7, 11) is 0. The van der Waals surface area contributed by atoms with Crippen molar-refractivity contribution >= 4 is 15.2 Å². The van der Waals surface area contributed by atoms with Crippen molar-refractivity contribution in [2.45, 2.75) is 75.8 Å². The summed E-state index contributed by atoms with van der Waals surface area (Å²) in [6.45, 7) is 6.97. The van der Waals surface area contributed by atoms with Gasteiger partial charge >= 0.3 is 0 Å². The van der Waals surface area contributed by atoms with Crippen LogP contribution in [0.4, 0.5) is 0 Å². The van der Waals surface area contributed by atoms with E-state index in [1.807, 2.05) is 0 Å². The van der Waals surface area contributed by atoms with Crippen molar-refractivity contribution in [3.8, 4) is 0 Å². The summed E-state index contributed by atoms with van der Waals surface area (Å²) < 4.78 is 1.18. The van der Waals surface area contributed by atoms with E-state index in [0.717, 1.165) is 0 Å². The molecule has 0 rings (SSSR count). The lowest BCUT2D eigenvalue weighted by Crippen LogP contribution is -2.03. The van der Waals surface area contributed by atoms with Crippen LogP contribution in [0.5, 0.6) is 0 Å². The molecule has 78 valence electrons. The fraction of sp³-hybridized carbons (Fsp3) is 1.00. The van der Waals surface area contributed by atoms with Crippen LogP contribution in [0.3, 0.4) is 0 Å². The highest BCUT2D eigenvalue weighted by atomic mass is 27.1. The highest BCUT2D eigenvalue weighted by molar-refractivity contribution is 6.37. The zero-order valence-electron chi connectivity index (χ0n) is 9.94. The number of rotatable bonds is 9. The summed E-state index contributed by atoms with van der Waals surface area (Å²) in [4.78, 5) is 0. The molecular weight excluding hydrogens is 171 g/mol. The second-order valence-corrected chi connectivity index (χ2v) is 6.73. The van der Waals surface area contributed by atoms with Crippen molar-refractivity contribution < 1.29 is 0 Å². The monoisotopic (exact) mass is 198 g/mol. The first-order valence-electron chi connectivity index (χ1n) is 6.35. The average Bonchev–Trinajstić information content (AvgIpc) is 2.14. The molecule has 0 fully saturated rings. The lowest BCUT2D eigenvalue weighted by Gasteiger charge is -2.13. The molecule has 0 saturated carbocycles. The molecule has 0 radical (unpaired) electrons. The normalized spacial score (nSPS) is 12.8. The Balaban J connectivity index is 3.41. The second kappa shape index (κ2) is 10.6. The predicted molar refractivity (Wildman–Crippen MR) is 65.0 cm³/mol. The first-order valence-corrected chi connectivity index (χ1v) is 8.16. The number of hydrogen-bond acceptors (Lipinski definition) is 0. The molecule has 0 amide bonds. The Morgan fingerprint density at radius 1 is 0.846 bits per heavy atom. The molecule has 0 bridgehead atoms. The van der Waals surface area contributed by atoms with Crippen LogP contribution in [0.15, 0.2) is 0 Å². The lowest BCUT2D eigenvalue weighted by molar-refractivity contribution is 0.615. The smallest absolute Gasteiger partial charge is 0.0970 e. The highest BCUT2D eigenvalue weighted by Crippen LogP contribution is 2.21. The molecule has 0 heterocycles. The third-order valence-corrected chi connectivity index (χ3v) is 5.42. The minimum Gasteiger partial charge on any atom is -0.0970 e. The summed E-state index contributed by atoms with van der Waals surface area (Å²) in [5.74, 6) is 0. The predicted octanol–water partition coefficient (Wildman–Crippen LogP) is 4.42. The third-order valence-electron chi connectivity index (χ3n) is 2.88. The van der Waals surface area contributed by atoms with Crippen molar-refractivity contribution in [3.63, 3.8) is 0 Å². The van der Waals surface area contributed by atoms with Crippen LogP contribution in [0.1, 0.15) is 65.7 Å². The van der Waals surface area contributed by atoms with Crippen LogP contribution in [0, 0.1) is 0 Å². The Kier molecular flexibility index (Phi) is 11.0. The van der Waals surface area contributed by atoms with E-state index in [4.69, 9.17) is 0 Å². The van der Waals surface area contributed by atoms with E-state index in [1.54, 1.807) is 11.7 Å². The molecule has 0 N–H and O–H groups in total. The average molecular weight is 198 g/mol. The van der Waals surface area contributed by atoms with Crippen molar-refractivity contribution in [3.05, 3.63) is 0 Å². The van der Waals surface area contributed by atoms with E-state index >= 15 is 0 Å². The van der Waals surface area contributed by atoms with Gasteiger partial charge in [0.05, 0.1) is 0 Å². The number of unbranched alkanes of at least 4 members (excludes halogenated alkanes) is 2. The van der Waals surface area contributed by atoms with Crippen molar-refractivity contribution in [1.29, 1.82) is 0 Å². The summed E-state index contributed by atoms with van der Waals surface area (Å²) in [5, 5.41) is 1.60. The van der Waals surface area contributed by atoms with E-state index in [0.29, 0.717) is 0 Å². The summed E-state index contributed by atoms with van der Waals surface area (Å²) in [6.07, 6.45) is 10.2. The van der Waals surface area contributed by atoms with Crippen molar-refractivity contribution in [2.24, 2.45) is 0 Å². The Bertz CT molecular complexity index is 91.1. The maximum absolute atomic E-state index is 2.34. The molecular formula is C12H27Al. The molecule has 0 aliphatic rings. The van der Waals surface area contributed by atoms with Crippen LogP contribution in [-0.2, 0) is 0 Å². The van der Waals surface area contributed by atoms with Gasteiger partial charge in [0.2, 0.25) is 15.2 Å². The summed E-state index contributed by atoms with van der Waals surface area (Å²) in [6, 6.07) is 0. The van der Waals surface area contributed by atoms with Crippen LogP contribution in [-0.4, -0.2) is 15.2 Å². The molecule has 1 atom stereocenters. The topological polar surface area (TPSA) is 0 Å². The summed E-state index contributed by atoms with van der Waals surface area (Å²) >= 11 is 0.283. The van der Waals surface area contributed by atoms with Gasteiger partial charge in [0.15, 0.2) is 0 Å². The molecule has 13 heavy (non-hydrogen) atoms. The van der Waals surface area contributed by atoms with E-state index in [2.05, 4.69) is 20.8 Å². The molecule has 0 saturated heterocycles. The minimum atomic E-state index is 0.283. The van der Waals surface area contributed by atoms with Crippen LogP contribution >= 0.6 is 0 Å². The summed E-state index contributed by atoms with van der Waals surface area (Å²) in [5.41, 5.74) is 0. The van der Waals surface area contributed by atoms with E-state index in [-0.39, 0.29) is 15.2 Å². The Labute approximate surface area is 91.2 Å². The van der Waals surface area contributed by atoms with Crippen molar-refractivity contribution in [1.82, 2.24) is 0 Å². The van der Waals surface area contributed by atoms with E-state index in [9.17, 15) is 0 Å². The Morgan fingerprint density at radius 2 is 1.54 bits per heavy atom. The van der Waals surface area contributed by atoms with Gasteiger partial charge in [-0.25, -0.2) is 0 Å². The van der Waals surface area contributed by atoms with Crippen LogP contribution < -0.4 is 0 Å². The number of hydrogen-bond donors (Lipinski definition) is 0. The zero-order chi connectivity index (χ0) is 9.94. The van der Waals surface area contributed by atoms with Gasteiger partial charge in [-0.2, -0.15) is 0 Å².